The van der Waals surface area contributed by atoms with Crippen molar-refractivity contribution in [1.29, 1.82) is 0 Å². The highest BCUT2D eigenvalue weighted by Crippen LogP contribution is 2.28. The van der Waals surface area contributed by atoms with Crippen LogP contribution in [-0.2, 0) is 16.1 Å². The number of anilines is 2. The van der Waals surface area contributed by atoms with Gasteiger partial charge in [-0.15, -0.1) is 11.3 Å². The number of nitrogens with one attached hydrogen (secondary N) is 1. The Labute approximate surface area is 169 Å². The van der Waals surface area contributed by atoms with Crippen molar-refractivity contribution in [2.24, 2.45) is 5.92 Å². The maximum absolute atomic E-state index is 12.4. The molecule has 2 aromatic rings. The lowest BCUT2D eigenvalue weighted by molar-refractivity contribution is -0.119. The molecule has 2 fully saturated rings. The third kappa shape index (κ3) is 4.37. The van der Waals surface area contributed by atoms with E-state index in [0.717, 1.165) is 49.8 Å². The van der Waals surface area contributed by atoms with Gasteiger partial charge in [-0.3, -0.25) is 9.69 Å². The van der Waals surface area contributed by atoms with Gasteiger partial charge in [0.2, 0.25) is 5.91 Å². The predicted molar refractivity (Wildman–Crippen MR) is 110 cm³/mol. The van der Waals surface area contributed by atoms with Crippen molar-refractivity contribution in [2.75, 3.05) is 50.6 Å². The summed E-state index contributed by atoms with van der Waals surface area (Å²) in [5, 5.41) is 8.59. The van der Waals surface area contributed by atoms with E-state index in [1.54, 1.807) is 17.5 Å². The van der Waals surface area contributed by atoms with Gasteiger partial charge in [0.25, 0.3) is 0 Å². The van der Waals surface area contributed by atoms with Crippen LogP contribution in [0.1, 0.15) is 30.2 Å². The van der Waals surface area contributed by atoms with E-state index in [9.17, 15) is 4.79 Å². The van der Waals surface area contributed by atoms with E-state index in [1.165, 1.54) is 4.88 Å². The van der Waals surface area contributed by atoms with Gasteiger partial charge in [0, 0.05) is 57.5 Å². The van der Waals surface area contributed by atoms with Crippen LogP contribution in [0, 0.1) is 5.92 Å². The van der Waals surface area contributed by atoms with E-state index in [2.05, 4.69) is 20.3 Å². The van der Waals surface area contributed by atoms with Gasteiger partial charge in [-0.25, -0.2) is 9.67 Å². The largest absolute Gasteiger partial charge is 0.381 e. The van der Waals surface area contributed by atoms with Gasteiger partial charge in [-0.2, -0.15) is 5.10 Å². The third-order valence-corrected chi connectivity index (χ3v) is 6.58. The van der Waals surface area contributed by atoms with E-state index in [-0.39, 0.29) is 11.8 Å². The fourth-order valence-electron chi connectivity index (χ4n) is 3.79. The Kier molecular flexibility index (Phi) is 5.93. The Hall–Kier alpha value is -1.97. The zero-order valence-corrected chi connectivity index (χ0v) is 17.3. The van der Waals surface area contributed by atoms with Crippen molar-refractivity contribution in [3.63, 3.8) is 0 Å². The summed E-state index contributed by atoms with van der Waals surface area (Å²) in [6.07, 6.45) is 6.60. The number of thiazole rings is 1. The number of carbonyl (C=O) groups excluding carboxylic acids is 1. The monoisotopic (exact) mass is 404 g/mol. The smallest absolute Gasteiger partial charge is 0.231 e. The molecule has 0 saturated carbocycles. The Balaban J connectivity index is 1.31. The summed E-state index contributed by atoms with van der Waals surface area (Å²) in [5.41, 5.74) is 0. The van der Waals surface area contributed by atoms with Crippen LogP contribution in [0.5, 0.6) is 0 Å². The molecule has 9 heteroatoms. The van der Waals surface area contributed by atoms with Gasteiger partial charge in [0.1, 0.15) is 5.82 Å². The zero-order chi connectivity index (χ0) is 19.5. The van der Waals surface area contributed by atoms with Crippen molar-refractivity contribution in [3.05, 3.63) is 23.3 Å². The molecular formula is C19H28N6O2S. The van der Waals surface area contributed by atoms with Crippen molar-refractivity contribution in [1.82, 2.24) is 19.7 Å². The minimum atomic E-state index is -0.0448. The molecule has 2 aliphatic rings. The van der Waals surface area contributed by atoms with E-state index < -0.39 is 0 Å². The molecule has 8 nitrogen and oxygen atoms in total. The fraction of sp³-hybridized carbons (Fsp3) is 0.632. The lowest BCUT2D eigenvalue weighted by atomic mass is 10.1. The SMILES string of the molecule is CN(C)c1ncc(CN2CCC(n3nccc3NC(=O)[C@H]3CCOC3)CC2)s1. The summed E-state index contributed by atoms with van der Waals surface area (Å²) in [7, 11) is 4.04. The van der Waals surface area contributed by atoms with Crippen LogP contribution >= 0.6 is 11.3 Å². The first-order valence-corrected chi connectivity index (χ1v) is 10.7. The van der Waals surface area contributed by atoms with Crippen LogP contribution in [0.4, 0.5) is 10.9 Å². The van der Waals surface area contributed by atoms with E-state index >= 15 is 0 Å². The second-order valence-corrected chi connectivity index (χ2v) is 8.82. The maximum Gasteiger partial charge on any atom is 0.231 e. The minimum absolute atomic E-state index is 0.0403. The highest BCUT2D eigenvalue weighted by atomic mass is 32.1. The first kappa shape index (κ1) is 19.4. The lowest BCUT2D eigenvalue weighted by Gasteiger charge is -2.32. The number of aromatic nitrogens is 3. The van der Waals surface area contributed by atoms with Crippen molar-refractivity contribution >= 4 is 28.2 Å². The molecule has 28 heavy (non-hydrogen) atoms. The summed E-state index contributed by atoms with van der Waals surface area (Å²) in [4.78, 5) is 22.7. The topological polar surface area (TPSA) is 75.5 Å². The van der Waals surface area contributed by atoms with Crippen molar-refractivity contribution < 1.29 is 9.53 Å². The van der Waals surface area contributed by atoms with Crippen LogP contribution < -0.4 is 10.2 Å². The van der Waals surface area contributed by atoms with Crippen LogP contribution in [0.2, 0.25) is 0 Å². The first-order valence-electron chi connectivity index (χ1n) is 9.86. The third-order valence-electron chi connectivity index (χ3n) is 5.43. The van der Waals surface area contributed by atoms with E-state index in [4.69, 9.17) is 4.74 Å². The average molecular weight is 405 g/mol. The Bertz CT molecular complexity index is 790. The minimum Gasteiger partial charge on any atom is -0.381 e. The van der Waals surface area contributed by atoms with Gasteiger partial charge in [-0.1, -0.05) is 0 Å². The Morgan fingerprint density at radius 2 is 2.18 bits per heavy atom. The molecule has 0 unspecified atom stereocenters. The second kappa shape index (κ2) is 8.59. The molecule has 2 aromatic heterocycles. The van der Waals surface area contributed by atoms with Gasteiger partial charge in [0.15, 0.2) is 5.13 Å². The average Bonchev–Trinajstić information content (AvgIpc) is 3.44. The first-order chi connectivity index (χ1) is 13.6. The lowest BCUT2D eigenvalue weighted by Crippen LogP contribution is -2.35. The van der Waals surface area contributed by atoms with Crippen LogP contribution in [0.3, 0.4) is 0 Å². The summed E-state index contributed by atoms with van der Waals surface area (Å²) in [6, 6.07) is 2.21. The highest BCUT2D eigenvalue weighted by molar-refractivity contribution is 7.15. The summed E-state index contributed by atoms with van der Waals surface area (Å²) >= 11 is 1.75. The second-order valence-electron chi connectivity index (χ2n) is 7.72. The van der Waals surface area contributed by atoms with Gasteiger partial charge in [0.05, 0.1) is 24.8 Å². The molecule has 1 N–H and O–H groups in total. The molecule has 0 bridgehead atoms. The maximum atomic E-state index is 12.4. The molecule has 152 valence electrons. The van der Waals surface area contributed by atoms with Gasteiger partial charge < -0.3 is 15.0 Å². The molecule has 0 aromatic carbocycles. The van der Waals surface area contributed by atoms with Gasteiger partial charge in [-0.05, 0) is 19.3 Å². The van der Waals surface area contributed by atoms with Crippen molar-refractivity contribution in [3.8, 4) is 0 Å². The molecule has 0 spiro atoms. The Morgan fingerprint density at radius 3 is 2.86 bits per heavy atom. The number of hydrogen-bond acceptors (Lipinski definition) is 7. The molecule has 2 saturated heterocycles. The van der Waals surface area contributed by atoms with Crippen LogP contribution in [-0.4, -0.2) is 66.0 Å². The molecule has 2 aliphatic heterocycles. The quantitative estimate of drug-likeness (QED) is 0.796. The van der Waals surface area contributed by atoms with Crippen LogP contribution in [0.15, 0.2) is 18.5 Å². The number of carbonyl (C=O) groups is 1. The summed E-state index contributed by atoms with van der Waals surface area (Å²) in [5.74, 6) is 0.795. The molecule has 0 aliphatic carbocycles. The number of hydrogen-bond donors (Lipinski definition) is 1. The highest BCUT2D eigenvalue weighted by Gasteiger charge is 2.27. The molecule has 0 radical (unpaired) electrons. The Morgan fingerprint density at radius 1 is 1.36 bits per heavy atom. The van der Waals surface area contributed by atoms with Gasteiger partial charge >= 0.3 is 0 Å². The number of rotatable bonds is 6. The zero-order valence-electron chi connectivity index (χ0n) is 16.5. The predicted octanol–water partition coefficient (Wildman–Crippen LogP) is 2.22. The number of likely N-dealkylation sites (tertiary alicyclic amines) is 1. The fourth-order valence-corrected chi connectivity index (χ4v) is 4.67. The summed E-state index contributed by atoms with van der Waals surface area (Å²) in [6.45, 7) is 4.17. The molecular weight excluding hydrogens is 376 g/mol. The molecule has 1 atom stereocenters. The number of amides is 1. The standard InChI is InChI=1S/C19H28N6O2S/c1-23(2)19-20-11-16(28-19)12-24-8-4-15(5-9-24)25-17(3-7-21-25)22-18(26)14-6-10-27-13-14/h3,7,11,14-15H,4-6,8-10,12-13H2,1-2H3,(H,22,26)/t14-/m0/s1. The number of ether oxygens (including phenoxy) is 1. The van der Waals surface area contributed by atoms with Crippen LogP contribution in [0.25, 0.3) is 0 Å². The van der Waals surface area contributed by atoms with E-state index in [1.807, 2.05) is 35.9 Å². The molecule has 4 rings (SSSR count). The van der Waals surface area contributed by atoms with Crippen molar-refractivity contribution in [2.45, 2.75) is 31.8 Å². The number of nitrogens with zero attached hydrogens (tertiary/aromatic N) is 5. The normalized spacial score (nSPS) is 21.1. The number of piperidine rings is 1. The molecule has 1 amide bonds. The summed E-state index contributed by atoms with van der Waals surface area (Å²) < 4.78 is 7.31. The molecule has 4 heterocycles. The van der Waals surface area contributed by atoms with E-state index in [0.29, 0.717) is 19.3 Å².